The first-order chi connectivity index (χ1) is 7.19. The summed E-state index contributed by atoms with van der Waals surface area (Å²) in [5.41, 5.74) is 3.20. The van der Waals surface area contributed by atoms with Crippen LogP contribution < -0.4 is 4.74 Å². The van der Waals surface area contributed by atoms with Gasteiger partial charge in [-0.25, -0.2) is 0 Å². The van der Waals surface area contributed by atoms with Gasteiger partial charge < -0.3 is 9.84 Å². The van der Waals surface area contributed by atoms with E-state index in [0.29, 0.717) is 0 Å². The van der Waals surface area contributed by atoms with Crippen molar-refractivity contribution < 1.29 is 14.6 Å². The second-order valence-electron chi connectivity index (χ2n) is 3.61. The number of fused-ring (bicyclic) bond motifs is 1. The zero-order valence-corrected chi connectivity index (χ0v) is 8.49. The molecule has 78 valence electrons. The first-order valence-corrected chi connectivity index (χ1v) is 4.77. The van der Waals surface area contributed by atoms with Crippen LogP contribution in [-0.4, -0.2) is 18.2 Å². The smallest absolute Gasteiger partial charge is 0.307 e. The molecular weight excluding hydrogens is 192 g/mol. The molecule has 0 radical (unpaired) electrons. The van der Waals surface area contributed by atoms with Gasteiger partial charge in [-0.15, -0.1) is 0 Å². The topological polar surface area (TPSA) is 46.5 Å². The first kappa shape index (κ1) is 9.77. The number of rotatable bonds is 3. The predicted octanol–water partition coefficient (Wildman–Crippen LogP) is 2.11. The molecule has 0 aromatic heterocycles. The summed E-state index contributed by atoms with van der Waals surface area (Å²) in [5.74, 6) is 0.0302. The van der Waals surface area contributed by atoms with Crippen LogP contribution in [-0.2, 0) is 11.2 Å². The lowest BCUT2D eigenvalue weighted by molar-refractivity contribution is -0.136. The maximum Gasteiger partial charge on any atom is 0.307 e. The molecule has 1 aromatic rings. The van der Waals surface area contributed by atoms with Crippen LogP contribution >= 0.6 is 0 Å². The summed E-state index contributed by atoms with van der Waals surface area (Å²) < 4.78 is 5.11. The fourth-order valence-electron chi connectivity index (χ4n) is 1.82. The molecule has 3 nitrogen and oxygen atoms in total. The van der Waals surface area contributed by atoms with Gasteiger partial charge in [0, 0.05) is 0 Å². The van der Waals surface area contributed by atoms with Crippen molar-refractivity contribution in [3.05, 3.63) is 34.9 Å². The fourth-order valence-corrected chi connectivity index (χ4v) is 1.82. The molecule has 2 rings (SSSR count). The summed E-state index contributed by atoms with van der Waals surface area (Å²) in [7, 11) is 1.62. The standard InChI is InChI=1S/C12H12O3/c1-15-11-3-2-9-4-8(6-12(13)14)5-10(9)7-11/h2-3,5,7H,4,6H2,1H3,(H,13,14). The molecule has 0 amide bonds. The largest absolute Gasteiger partial charge is 0.497 e. The van der Waals surface area contributed by atoms with Crippen LogP contribution in [0.2, 0.25) is 0 Å². The third-order valence-corrected chi connectivity index (χ3v) is 2.51. The van der Waals surface area contributed by atoms with E-state index in [1.165, 1.54) is 5.56 Å². The Bertz CT molecular complexity index is 432. The number of hydrogen-bond donors (Lipinski definition) is 1. The minimum absolute atomic E-state index is 0.122. The van der Waals surface area contributed by atoms with Crippen molar-refractivity contribution in [2.24, 2.45) is 0 Å². The average Bonchev–Trinajstić information content (AvgIpc) is 2.57. The van der Waals surface area contributed by atoms with E-state index in [0.717, 1.165) is 23.3 Å². The summed E-state index contributed by atoms with van der Waals surface area (Å²) in [5, 5.41) is 8.69. The van der Waals surface area contributed by atoms with Crippen molar-refractivity contribution in [1.29, 1.82) is 0 Å². The summed E-state index contributed by atoms with van der Waals surface area (Å²) >= 11 is 0. The molecular formula is C12H12O3. The Kier molecular flexibility index (Phi) is 2.46. The van der Waals surface area contributed by atoms with E-state index in [4.69, 9.17) is 9.84 Å². The maximum absolute atomic E-state index is 10.6. The zero-order chi connectivity index (χ0) is 10.8. The molecule has 0 heterocycles. The van der Waals surface area contributed by atoms with Crippen molar-refractivity contribution in [1.82, 2.24) is 0 Å². The summed E-state index contributed by atoms with van der Waals surface area (Å²) in [6.07, 6.45) is 2.80. The van der Waals surface area contributed by atoms with Crippen LogP contribution in [0.15, 0.2) is 23.8 Å². The Morgan fingerprint density at radius 2 is 2.33 bits per heavy atom. The average molecular weight is 204 g/mol. The minimum atomic E-state index is -0.777. The molecule has 0 atom stereocenters. The first-order valence-electron chi connectivity index (χ1n) is 4.77. The lowest BCUT2D eigenvalue weighted by Crippen LogP contribution is -1.96. The Morgan fingerprint density at radius 1 is 1.53 bits per heavy atom. The van der Waals surface area contributed by atoms with Crippen molar-refractivity contribution in [2.75, 3.05) is 7.11 Å². The van der Waals surface area contributed by atoms with Crippen molar-refractivity contribution in [3.8, 4) is 5.75 Å². The van der Waals surface area contributed by atoms with Gasteiger partial charge in [0.2, 0.25) is 0 Å². The van der Waals surface area contributed by atoms with E-state index in [1.54, 1.807) is 7.11 Å². The van der Waals surface area contributed by atoms with Crippen molar-refractivity contribution in [2.45, 2.75) is 12.8 Å². The molecule has 1 N–H and O–H groups in total. The molecule has 15 heavy (non-hydrogen) atoms. The third-order valence-electron chi connectivity index (χ3n) is 2.51. The van der Waals surface area contributed by atoms with E-state index in [2.05, 4.69) is 0 Å². The monoisotopic (exact) mass is 204 g/mol. The number of aliphatic carboxylic acids is 1. The van der Waals surface area contributed by atoms with E-state index < -0.39 is 5.97 Å². The Morgan fingerprint density at radius 3 is 3.00 bits per heavy atom. The minimum Gasteiger partial charge on any atom is -0.497 e. The number of carboxylic acids is 1. The molecule has 0 spiro atoms. The van der Waals surface area contributed by atoms with Gasteiger partial charge in [0.1, 0.15) is 5.75 Å². The lowest BCUT2D eigenvalue weighted by Gasteiger charge is -2.02. The van der Waals surface area contributed by atoms with Crippen molar-refractivity contribution >= 4 is 12.0 Å². The number of methoxy groups -OCH3 is 1. The van der Waals surface area contributed by atoms with Crippen molar-refractivity contribution in [3.63, 3.8) is 0 Å². The Hall–Kier alpha value is -1.77. The quantitative estimate of drug-likeness (QED) is 0.820. The van der Waals surface area contributed by atoms with Gasteiger partial charge in [-0.2, -0.15) is 0 Å². The number of carboxylic acid groups (broad SMARTS) is 1. The number of benzene rings is 1. The van der Waals surface area contributed by atoms with Gasteiger partial charge in [-0.1, -0.05) is 17.7 Å². The van der Waals surface area contributed by atoms with Crippen LogP contribution in [0, 0.1) is 0 Å². The molecule has 1 aliphatic rings. The van der Waals surface area contributed by atoms with Crippen LogP contribution in [0.25, 0.3) is 6.08 Å². The number of carbonyl (C=O) groups is 1. The highest BCUT2D eigenvalue weighted by Gasteiger charge is 2.15. The molecule has 0 aliphatic heterocycles. The maximum atomic E-state index is 10.6. The normalized spacial score (nSPS) is 13.3. The molecule has 0 fully saturated rings. The SMILES string of the molecule is COc1ccc2c(c1)C=C(CC(=O)O)C2. The van der Waals surface area contributed by atoms with Gasteiger partial charge in [-0.05, 0) is 29.7 Å². The molecule has 1 aliphatic carbocycles. The Balaban J connectivity index is 2.24. The van der Waals surface area contributed by atoms with Gasteiger partial charge in [0.15, 0.2) is 0 Å². The van der Waals surface area contributed by atoms with Crippen LogP contribution in [0.4, 0.5) is 0 Å². The Labute approximate surface area is 88.0 Å². The predicted molar refractivity (Wildman–Crippen MR) is 56.9 cm³/mol. The van der Waals surface area contributed by atoms with E-state index in [9.17, 15) is 4.79 Å². The zero-order valence-electron chi connectivity index (χ0n) is 8.49. The van der Waals surface area contributed by atoms with Crippen LogP contribution in [0.5, 0.6) is 5.75 Å². The summed E-state index contributed by atoms with van der Waals surface area (Å²) in [6, 6.07) is 5.82. The molecule has 0 bridgehead atoms. The van der Waals surface area contributed by atoms with Gasteiger partial charge in [0.05, 0.1) is 13.5 Å². The molecule has 1 aromatic carbocycles. The van der Waals surface area contributed by atoms with E-state index >= 15 is 0 Å². The molecule has 0 saturated heterocycles. The van der Waals surface area contributed by atoms with Crippen LogP contribution in [0.1, 0.15) is 17.5 Å². The van der Waals surface area contributed by atoms with Gasteiger partial charge >= 0.3 is 5.97 Å². The van der Waals surface area contributed by atoms with Crippen LogP contribution in [0.3, 0.4) is 0 Å². The highest BCUT2D eigenvalue weighted by atomic mass is 16.5. The number of hydrogen-bond acceptors (Lipinski definition) is 2. The van der Waals surface area contributed by atoms with E-state index in [-0.39, 0.29) is 6.42 Å². The fraction of sp³-hybridized carbons (Fsp3) is 0.250. The third kappa shape index (κ3) is 2.01. The molecule has 0 unspecified atom stereocenters. The summed E-state index contributed by atoms with van der Waals surface area (Å²) in [6.45, 7) is 0. The number of ether oxygens (including phenoxy) is 1. The van der Waals surface area contributed by atoms with Gasteiger partial charge in [0.25, 0.3) is 0 Å². The lowest BCUT2D eigenvalue weighted by atomic mass is 10.1. The van der Waals surface area contributed by atoms with Gasteiger partial charge in [-0.3, -0.25) is 4.79 Å². The highest BCUT2D eigenvalue weighted by Crippen LogP contribution is 2.29. The highest BCUT2D eigenvalue weighted by molar-refractivity contribution is 5.76. The van der Waals surface area contributed by atoms with E-state index in [1.807, 2.05) is 24.3 Å². The second-order valence-corrected chi connectivity index (χ2v) is 3.61. The second kappa shape index (κ2) is 3.77. The summed E-state index contributed by atoms with van der Waals surface area (Å²) in [4.78, 5) is 10.6. The molecule has 3 heteroatoms. The molecule has 0 saturated carbocycles.